The van der Waals surface area contributed by atoms with Gasteiger partial charge in [0.1, 0.15) is 0 Å². The van der Waals surface area contributed by atoms with Crippen molar-refractivity contribution in [3.05, 3.63) is 77.5 Å². The molecule has 0 aliphatic rings. The number of hydrogen-bond acceptors (Lipinski definition) is 4. The molecule has 0 bridgehead atoms. The van der Waals surface area contributed by atoms with E-state index in [1.165, 1.54) is 12.3 Å². The number of H-pyrrole nitrogens is 1. The summed E-state index contributed by atoms with van der Waals surface area (Å²) in [5.74, 6) is -0.103. The molecule has 0 amide bonds. The van der Waals surface area contributed by atoms with Crippen LogP contribution in [0.4, 0.5) is 0 Å². The number of benzene rings is 1. The Morgan fingerprint density at radius 1 is 1.26 bits per heavy atom. The Labute approximate surface area is 144 Å². The van der Waals surface area contributed by atoms with E-state index in [1.54, 1.807) is 36.4 Å². The number of hydrogen-bond donors (Lipinski definition) is 1. The van der Waals surface area contributed by atoms with E-state index < -0.39 is 0 Å². The molecule has 0 spiro atoms. The molecule has 0 saturated carbocycles. The molecule has 1 aromatic carbocycles. The van der Waals surface area contributed by atoms with Crippen LogP contribution in [0.1, 0.15) is 16.1 Å². The van der Waals surface area contributed by atoms with Gasteiger partial charge >= 0.3 is 0 Å². The van der Waals surface area contributed by atoms with Crippen LogP contribution in [-0.4, -0.2) is 10.8 Å². The lowest BCUT2D eigenvalue weighted by Crippen LogP contribution is -2.20. The van der Waals surface area contributed by atoms with Crippen LogP contribution in [0.3, 0.4) is 0 Å². The van der Waals surface area contributed by atoms with Gasteiger partial charge in [-0.15, -0.1) is 11.3 Å². The minimum atomic E-state index is -0.316. The highest BCUT2D eigenvalue weighted by molar-refractivity contribution is 7.07. The summed E-state index contributed by atoms with van der Waals surface area (Å²) in [6.07, 6.45) is 4.39. The predicted octanol–water partition coefficient (Wildman–Crippen LogP) is 2.83. The maximum absolute atomic E-state index is 12.0. The van der Waals surface area contributed by atoms with Gasteiger partial charge in [0.05, 0.1) is 15.5 Å². The number of halogens is 2. The molecule has 0 saturated heterocycles. The molecule has 0 fully saturated rings. The van der Waals surface area contributed by atoms with Crippen LogP contribution in [0.15, 0.2) is 45.8 Å². The molecule has 0 aliphatic heterocycles. The van der Waals surface area contributed by atoms with E-state index in [1.807, 2.05) is 0 Å². The molecule has 7 heteroatoms. The van der Waals surface area contributed by atoms with Crippen LogP contribution in [-0.2, 0) is 0 Å². The number of Topliss-reactive ketones (excluding diaryl/α,β-unsaturated/α-hetero) is 1. The van der Waals surface area contributed by atoms with E-state index in [4.69, 9.17) is 27.6 Å². The lowest BCUT2D eigenvalue weighted by Gasteiger charge is -1.97. The zero-order chi connectivity index (χ0) is 16.4. The van der Waals surface area contributed by atoms with Crippen molar-refractivity contribution in [1.29, 1.82) is 0 Å². The first kappa shape index (κ1) is 15.8. The number of nitrogens with one attached hydrogen (secondary N) is 1. The minimum Gasteiger partial charge on any atom is -0.461 e. The SMILES string of the molecule is O=C(C=c1[nH]c(=O)c(=Cc2ccc(Cl)cc2Cl)s1)c1ccco1. The highest BCUT2D eigenvalue weighted by Crippen LogP contribution is 2.21. The second-order valence-electron chi connectivity index (χ2n) is 4.58. The first-order valence-corrected chi connectivity index (χ1v) is 8.05. The second kappa shape index (κ2) is 6.58. The molecule has 116 valence electrons. The molecule has 0 radical (unpaired) electrons. The normalized spacial score (nSPS) is 12.8. The lowest BCUT2D eigenvalue weighted by molar-refractivity contribution is 0.103. The highest BCUT2D eigenvalue weighted by Gasteiger charge is 2.06. The number of thiazole rings is 1. The average Bonchev–Trinajstić information content (AvgIpc) is 3.12. The predicted molar refractivity (Wildman–Crippen MR) is 91.7 cm³/mol. The monoisotopic (exact) mass is 365 g/mol. The van der Waals surface area contributed by atoms with Gasteiger partial charge in [-0.1, -0.05) is 29.3 Å². The summed E-state index contributed by atoms with van der Waals surface area (Å²) >= 11 is 13.1. The summed E-state index contributed by atoms with van der Waals surface area (Å²) < 4.78 is 5.90. The quantitative estimate of drug-likeness (QED) is 0.725. The van der Waals surface area contributed by atoms with E-state index in [9.17, 15) is 9.59 Å². The standard InChI is InChI=1S/C16H9Cl2NO3S/c17-10-4-3-9(11(18)7-10)6-14-16(21)19-15(23-14)8-12(20)13-2-1-5-22-13/h1-8H,(H,19,21). The smallest absolute Gasteiger partial charge is 0.266 e. The van der Waals surface area contributed by atoms with Crippen molar-refractivity contribution in [3.63, 3.8) is 0 Å². The van der Waals surface area contributed by atoms with E-state index in [0.717, 1.165) is 11.3 Å². The Morgan fingerprint density at radius 2 is 2.09 bits per heavy atom. The fourth-order valence-corrected chi connectivity index (χ4v) is 3.23. The van der Waals surface area contributed by atoms with Crippen molar-refractivity contribution in [2.24, 2.45) is 0 Å². The van der Waals surface area contributed by atoms with Crippen LogP contribution in [0, 0.1) is 0 Å². The Hall–Kier alpha value is -2.08. The van der Waals surface area contributed by atoms with Crippen molar-refractivity contribution in [2.75, 3.05) is 0 Å². The lowest BCUT2D eigenvalue weighted by atomic mass is 10.2. The van der Waals surface area contributed by atoms with Crippen molar-refractivity contribution >= 4 is 52.5 Å². The Bertz CT molecular complexity index is 1030. The van der Waals surface area contributed by atoms with E-state index in [2.05, 4.69) is 4.98 Å². The van der Waals surface area contributed by atoms with Crippen molar-refractivity contribution < 1.29 is 9.21 Å². The van der Waals surface area contributed by atoms with Gasteiger partial charge < -0.3 is 9.40 Å². The van der Waals surface area contributed by atoms with Crippen molar-refractivity contribution in [3.8, 4) is 0 Å². The van der Waals surface area contributed by atoms with Crippen LogP contribution >= 0.6 is 34.5 Å². The summed E-state index contributed by atoms with van der Waals surface area (Å²) in [5.41, 5.74) is 0.381. The van der Waals surface area contributed by atoms with Crippen molar-refractivity contribution in [1.82, 2.24) is 4.98 Å². The largest absolute Gasteiger partial charge is 0.461 e. The Kier molecular flexibility index (Phi) is 4.52. The van der Waals surface area contributed by atoms with Gasteiger partial charge in [0.25, 0.3) is 5.56 Å². The zero-order valence-electron chi connectivity index (χ0n) is 11.5. The fraction of sp³-hybridized carbons (Fsp3) is 0. The molecule has 3 aromatic rings. The number of aromatic amines is 1. The van der Waals surface area contributed by atoms with Gasteiger partial charge in [-0.05, 0) is 35.9 Å². The Balaban J connectivity index is 2.03. The highest BCUT2D eigenvalue weighted by atomic mass is 35.5. The molecule has 23 heavy (non-hydrogen) atoms. The van der Waals surface area contributed by atoms with E-state index in [-0.39, 0.29) is 17.1 Å². The molecular formula is C16H9Cl2NO3S. The van der Waals surface area contributed by atoms with Gasteiger partial charge in [-0.25, -0.2) is 0 Å². The molecule has 0 unspecified atom stereocenters. The Morgan fingerprint density at radius 3 is 2.78 bits per heavy atom. The molecule has 2 heterocycles. The van der Waals surface area contributed by atoms with Crippen LogP contribution in [0.25, 0.3) is 12.2 Å². The number of aromatic nitrogens is 1. The third-order valence-electron chi connectivity index (χ3n) is 2.96. The first-order chi connectivity index (χ1) is 11.0. The molecule has 0 atom stereocenters. The zero-order valence-corrected chi connectivity index (χ0v) is 13.8. The van der Waals surface area contributed by atoms with Crippen LogP contribution in [0.2, 0.25) is 10.0 Å². The van der Waals surface area contributed by atoms with Gasteiger partial charge in [0.15, 0.2) is 5.76 Å². The molecular weight excluding hydrogens is 357 g/mol. The summed E-state index contributed by atoms with van der Waals surface area (Å²) in [6.45, 7) is 0. The van der Waals surface area contributed by atoms with Gasteiger partial charge in [-0.2, -0.15) is 0 Å². The maximum atomic E-state index is 12.0. The topological polar surface area (TPSA) is 63.1 Å². The van der Waals surface area contributed by atoms with E-state index in [0.29, 0.717) is 24.8 Å². The average molecular weight is 366 g/mol. The third-order valence-corrected chi connectivity index (χ3v) is 4.48. The third kappa shape index (κ3) is 3.64. The number of furan rings is 1. The van der Waals surface area contributed by atoms with E-state index >= 15 is 0 Å². The fourth-order valence-electron chi connectivity index (χ4n) is 1.89. The maximum Gasteiger partial charge on any atom is 0.266 e. The summed E-state index contributed by atoms with van der Waals surface area (Å²) in [5, 5.41) is 0.966. The van der Waals surface area contributed by atoms with Gasteiger partial charge in [0, 0.05) is 16.1 Å². The first-order valence-electron chi connectivity index (χ1n) is 6.48. The number of rotatable bonds is 3. The molecule has 3 rings (SSSR count). The summed E-state index contributed by atoms with van der Waals surface area (Å²) in [4.78, 5) is 26.6. The summed E-state index contributed by atoms with van der Waals surface area (Å²) in [6, 6.07) is 8.20. The molecule has 4 nitrogen and oxygen atoms in total. The van der Waals surface area contributed by atoms with Crippen molar-refractivity contribution in [2.45, 2.75) is 0 Å². The minimum absolute atomic E-state index is 0.213. The number of carbonyl (C=O) groups excluding carboxylic acids is 1. The van der Waals surface area contributed by atoms with Gasteiger partial charge in [0.2, 0.25) is 5.78 Å². The summed E-state index contributed by atoms with van der Waals surface area (Å²) in [7, 11) is 0. The van der Waals surface area contributed by atoms with Crippen LogP contribution < -0.4 is 14.8 Å². The number of carbonyl (C=O) groups is 1. The van der Waals surface area contributed by atoms with Gasteiger partial charge in [-0.3, -0.25) is 9.59 Å². The molecule has 1 N–H and O–H groups in total. The van der Waals surface area contributed by atoms with Crippen LogP contribution in [0.5, 0.6) is 0 Å². The molecule has 0 aliphatic carbocycles. The second-order valence-corrected chi connectivity index (χ2v) is 6.51. The number of ketones is 1. The molecule has 2 aromatic heterocycles.